The van der Waals surface area contributed by atoms with Gasteiger partial charge in [0.15, 0.2) is 18.7 Å². The highest BCUT2D eigenvalue weighted by molar-refractivity contribution is 5.79. The number of carbonyl (C=O) groups is 1. The summed E-state index contributed by atoms with van der Waals surface area (Å²) in [5.74, 6) is -1.47. The molecule has 0 aromatic carbocycles. The largest absolute Gasteiger partial charge is 0.394 e. The van der Waals surface area contributed by atoms with E-state index in [0.29, 0.717) is 0 Å². The van der Waals surface area contributed by atoms with Gasteiger partial charge in [0.25, 0.3) is 5.91 Å². The maximum Gasteiger partial charge on any atom is 0.274 e. The molecule has 2 aliphatic rings. The lowest BCUT2D eigenvalue weighted by Crippen LogP contribution is -2.62. The molecule has 2 fully saturated rings. The van der Waals surface area contributed by atoms with Crippen LogP contribution >= 0.6 is 0 Å². The van der Waals surface area contributed by atoms with Crippen LogP contribution < -0.4 is 5.48 Å². The van der Waals surface area contributed by atoms with Crippen LogP contribution in [-0.4, -0.2) is 173 Å². The molecule has 0 unspecified atom stereocenters. The third-order valence-corrected chi connectivity index (χ3v) is 5.82. The summed E-state index contributed by atoms with van der Waals surface area (Å²) in [6.07, 6.45) is -25.5. The topological polar surface area (TPSA) is 309 Å². The van der Waals surface area contributed by atoms with Crippen molar-refractivity contribution in [2.75, 3.05) is 19.8 Å². The summed E-state index contributed by atoms with van der Waals surface area (Å²) in [4.78, 5) is 11.1. The highest BCUT2D eigenvalue weighted by Crippen LogP contribution is 2.26. The molecule has 36 heavy (non-hydrogen) atoms. The molecule has 0 saturated carbocycles. The minimum Gasteiger partial charge on any atom is -0.394 e. The lowest BCUT2D eigenvalue weighted by molar-refractivity contribution is -0.333. The van der Waals surface area contributed by atoms with Crippen molar-refractivity contribution in [2.45, 2.75) is 85.8 Å². The molecule has 0 spiro atoms. The van der Waals surface area contributed by atoms with Crippen molar-refractivity contribution in [1.82, 2.24) is 5.48 Å². The molecule has 2 rings (SSSR count). The SMILES string of the molecule is O=C(NO)[C@H](O)[C@@H](O)[C@H](O)[C@H](O)CO[C@H]1O[C@H](CO[C@H]2O[C@H](CO)[C@@H](O)[C@H](O)[C@H]2O)[C@@H](O)[C@H](O)[C@H]1O. The van der Waals surface area contributed by atoms with Crippen molar-refractivity contribution in [3.63, 3.8) is 0 Å². The van der Waals surface area contributed by atoms with Gasteiger partial charge in [-0.05, 0) is 0 Å². The first-order valence-electron chi connectivity index (χ1n) is 10.7. The number of ether oxygens (including phenoxy) is 4. The monoisotopic (exact) mass is 535 g/mol. The number of hydroxylamine groups is 1. The Kier molecular flexibility index (Phi) is 11.7. The predicted molar refractivity (Wildman–Crippen MR) is 106 cm³/mol. The van der Waals surface area contributed by atoms with Crippen LogP contribution in [0.3, 0.4) is 0 Å². The number of nitrogens with one attached hydrogen (secondary N) is 1. The third-order valence-electron chi connectivity index (χ3n) is 5.82. The van der Waals surface area contributed by atoms with Crippen LogP contribution in [0.1, 0.15) is 0 Å². The molecule has 0 aromatic rings. The molecular weight excluding hydrogens is 502 g/mol. The fourth-order valence-electron chi connectivity index (χ4n) is 3.51. The van der Waals surface area contributed by atoms with Crippen LogP contribution in [0.15, 0.2) is 0 Å². The molecule has 2 heterocycles. The van der Waals surface area contributed by atoms with Crippen LogP contribution in [0.5, 0.6) is 0 Å². The van der Waals surface area contributed by atoms with Crippen LogP contribution in [-0.2, 0) is 23.7 Å². The highest BCUT2D eigenvalue weighted by Gasteiger charge is 2.47. The number of amides is 1. The zero-order chi connectivity index (χ0) is 27.3. The smallest absolute Gasteiger partial charge is 0.274 e. The van der Waals surface area contributed by atoms with E-state index in [0.717, 1.165) is 5.48 Å². The summed E-state index contributed by atoms with van der Waals surface area (Å²) in [6, 6.07) is 0. The molecule has 18 nitrogen and oxygen atoms in total. The number of hydrogen-bond donors (Lipinski definition) is 13. The molecule has 13 N–H and O–H groups in total. The summed E-state index contributed by atoms with van der Waals surface area (Å²) in [6.45, 7) is -2.25. The Hall–Kier alpha value is -1.17. The average molecular weight is 535 g/mol. The van der Waals surface area contributed by atoms with E-state index in [1.807, 2.05) is 0 Å². The van der Waals surface area contributed by atoms with Crippen LogP contribution in [0.4, 0.5) is 0 Å². The van der Waals surface area contributed by atoms with E-state index in [1.54, 1.807) is 0 Å². The van der Waals surface area contributed by atoms with Crippen molar-refractivity contribution in [1.29, 1.82) is 0 Å². The van der Waals surface area contributed by atoms with Crippen LogP contribution in [0, 0.1) is 0 Å². The van der Waals surface area contributed by atoms with Gasteiger partial charge in [0, 0.05) is 0 Å². The van der Waals surface area contributed by atoms with E-state index in [4.69, 9.17) is 24.2 Å². The Balaban J connectivity index is 1.96. The summed E-state index contributed by atoms with van der Waals surface area (Å²) >= 11 is 0. The molecular formula is C18H33NO17. The molecule has 0 aliphatic carbocycles. The number of carbonyl (C=O) groups excluding carboxylic acids is 1. The Labute approximate surface area is 203 Å². The van der Waals surface area contributed by atoms with E-state index < -0.39 is 112 Å². The second-order valence-electron chi connectivity index (χ2n) is 8.35. The van der Waals surface area contributed by atoms with Crippen molar-refractivity contribution in [3.05, 3.63) is 0 Å². The lowest BCUT2D eigenvalue weighted by atomic mass is 9.98. The molecule has 0 aromatic heterocycles. The van der Waals surface area contributed by atoms with Crippen molar-refractivity contribution >= 4 is 5.91 Å². The zero-order valence-corrected chi connectivity index (χ0v) is 18.6. The number of aliphatic hydroxyl groups excluding tert-OH is 11. The van der Waals surface area contributed by atoms with Gasteiger partial charge in [0.2, 0.25) is 0 Å². The lowest BCUT2D eigenvalue weighted by Gasteiger charge is -2.42. The van der Waals surface area contributed by atoms with Crippen molar-refractivity contribution < 1.29 is 85.1 Å². The van der Waals surface area contributed by atoms with Gasteiger partial charge in [-0.3, -0.25) is 10.0 Å². The number of hydrogen-bond acceptors (Lipinski definition) is 17. The van der Waals surface area contributed by atoms with Gasteiger partial charge in [0.1, 0.15) is 67.1 Å². The van der Waals surface area contributed by atoms with Crippen molar-refractivity contribution in [3.8, 4) is 0 Å². The Bertz CT molecular complexity index is 686. The second-order valence-corrected chi connectivity index (χ2v) is 8.35. The Morgan fingerprint density at radius 2 is 1.25 bits per heavy atom. The molecule has 0 bridgehead atoms. The first kappa shape index (κ1) is 31.1. The summed E-state index contributed by atoms with van der Waals surface area (Å²) in [5, 5.41) is 117. The van der Waals surface area contributed by atoms with E-state index in [-0.39, 0.29) is 0 Å². The van der Waals surface area contributed by atoms with Gasteiger partial charge in [-0.1, -0.05) is 0 Å². The number of aliphatic hydroxyl groups is 11. The van der Waals surface area contributed by atoms with Gasteiger partial charge in [-0.2, -0.15) is 0 Å². The summed E-state index contributed by atoms with van der Waals surface area (Å²) in [7, 11) is 0. The fraction of sp³-hybridized carbons (Fsp3) is 0.944. The molecule has 212 valence electrons. The van der Waals surface area contributed by atoms with Crippen molar-refractivity contribution in [2.24, 2.45) is 0 Å². The average Bonchev–Trinajstić information content (AvgIpc) is 2.88. The summed E-state index contributed by atoms with van der Waals surface area (Å²) < 4.78 is 20.8. The molecule has 2 saturated heterocycles. The quantitative estimate of drug-likeness (QED) is 0.0862. The number of rotatable bonds is 11. The van der Waals surface area contributed by atoms with Gasteiger partial charge >= 0.3 is 0 Å². The fourth-order valence-corrected chi connectivity index (χ4v) is 3.51. The molecule has 2 aliphatic heterocycles. The maximum absolute atomic E-state index is 11.1. The Morgan fingerprint density at radius 1 is 0.750 bits per heavy atom. The molecule has 1 amide bonds. The zero-order valence-electron chi connectivity index (χ0n) is 18.6. The third kappa shape index (κ3) is 7.02. The predicted octanol–water partition coefficient (Wildman–Crippen LogP) is -8.42. The minimum absolute atomic E-state index is 0.639. The van der Waals surface area contributed by atoms with Gasteiger partial charge in [-0.25, -0.2) is 5.48 Å². The van der Waals surface area contributed by atoms with Gasteiger partial charge < -0.3 is 75.1 Å². The minimum atomic E-state index is -2.32. The standard InChI is InChI=1S/C18H33NO17/c20-1-5-8(23)11(26)14(29)18(35-5)34-3-6-9(24)12(27)15(30)17(36-6)33-2-4(21)7(22)10(25)13(28)16(31)19-32/h4-15,17-18,20-30,32H,1-3H2,(H,19,31)/t4-,5-,6-,7-,8-,9-,10+,11+,12+,13-,14-,15-,17+,18+/m1/s1. The maximum atomic E-state index is 11.1. The van der Waals surface area contributed by atoms with E-state index in [9.17, 15) is 61.0 Å². The normalized spacial score (nSPS) is 40.8. The second kappa shape index (κ2) is 13.6. The highest BCUT2D eigenvalue weighted by atomic mass is 16.7. The molecule has 18 heteroatoms. The van der Waals surface area contributed by atoms with E-state index >= 15 is 0 Å². The van der Waals surface area contributed by atoms with Gasteiger partial charge in [0.05, 0.1) is 19.8 Å². The first-order chi connectivity index (χ1) is 16.8. The van der Waals surface area contributed by atoms with Crippen LogP contribution in [0.2, 0.25) is 0 Å². The van der Waals surface area contributed by atoms with E-state index in [2.05, 4.69) is 0 Å². The molecule has 0 radical (unpaired) electrons. The van der Waals surface area contributed by atoms with Crippen LogP contribution in [0.25, 0.3) is 0 Å². The Morgan fingerprint density at radius 3 is 1.78 bits per heavy atom. The first-order valence-corrected chi connectivity index (χ1v) is 10.7. The van der Waals surface area contributed by atoms with Gasteiger partial charge in [-0.15, -0.1) is 0 Å². The summed E-state index contributed by atoms with van der Waals surface area (Å²) in [5.41, 5.74) is 1.04. The molecule has 14 atom stereocenters. The van der Waals surface area contributed by atoms with E-state index in [1.165, 1.54) is 0 Å².